The van der Waals surface area contributed by atoms with Gasteiger partial charge < -0.3 is 5.11 Å². The molecule has 0 radical (unpaired) electrons. The molecule has 1 unspecified atom stereocenters. The predicted molar refractivity (Wildman–Crippen MR) is 29.4 cm³/mol. The van der Waals surface area contributed by atoms with E-state index in [-0.39, 0.29) is 12.8 Å². The van der Waals surface area contributed by atoms with Gasteiger partial charge in [-0.1, -0.05) is 0 Å². The molecule has 1 rings (SSSR count). The molecule has 1 aliphatic carbocycles. The van der Waals surface area contributed by atoms with Crippen molar-refractivity contribution in [3.8, 4) is 0 Å². The van der Waals surface area contributed by atoms with Gasteiger partial charge in [0.2, 0.25) is 0 Å². The summed E-state index contributed by atoms with van der Waals surface area (Å²) >= 11 is 0. The minimum absolute atomic E-state index is 0.0515. The summed E-state index contributed by atoms with van der Waals surface area (Å²) in [5, 5.41) is 8.76. The number of aliphatic hydroxyl groups is 1. The maximum absolute atomic E-state index is 12.3. The van der Waals surface area contributed by atoms with E-state index in [9.17, 15) is 8.78 Å². The minimum Gasteiger partial charge on any atom is -0.393 e. The van der Waals surface area contributed by atoms with Crippen LogP contribution in [0.5, 0.6) is 0 Å². The summed E-state index contributed by atoms with van der Waals surface area (Å²) in [6, 6.07) is 0. The van der Waals surface area contributed by atoms with Crippen LogP contribution in [0.1, 0.15) is 25.7 Å². The van der Waals surface area contributed by atoms with Crippen molar-refractivity contribution < 1.29 is 13.9 Å². The van der Waals surface area contributed by atoms with Gasteiger partial charge in [-0.3, -0.25) is 0 Å². The Morgan fingerprint density at radius 1 is 1.44 bits per heavy atom. The van der Waals surface area contributed by atoms with Crippen LogP contribution in [-0.4, -0.2) is 17.1 Å². The number of hydrogen-bond acceptors (Lipinski definition) is 1. The zero-order chi connectivity index (χ0) is 6.91. The predicted octanol–water partition coefficient (Wildman–Crippen LogP) is 1.56. The molecule has 1 nitrogen and oxygen atoms in total. The normalized spacial score (nSPS) is 34.3. The second kappa shape index (κ2) is 2.21. The molecule has 0 aromatic rings. The molecule has 0 spiro atoms. The number of aliphatic hydroxyl groups excluding tert-OH is 1. The molecule has 0 saturated heterocycles. The molecule has 0 bridgehead atoms. The van der Waals surface area contributed by atoms with Crippen LogP contribution >= 0.6 is 0 Å². The lowest BCUT2D eigenvalue weighted by Gasteiger charge is -2.24. The Bertz CT molecular complexity index is 103. The van der Waals surface area contributed by atoms with Crippen molar-refractivity contribution in [2.45, 2.75) is 37.7 Å². The Morgan fingerprint density at radius 3 is 2.44 bits per heavy atom. The molecule has 1 N–H and O–H groups in total. The van der Waals surface area contributed by atoms with Gasteiger partial charge in [-0.15, -0.1) is 0 Å². The van der Waals surface area contributed by atoms with Gasteiger partial charge in [0.25, 0.3) is 5.92 Å². The van der Waals surface area contributed by atoms with Gasteiger partial charge in [0.15, 0.2) is 0 Å². The van der Waals surface area contributed by atoms with Crippen molar-refractivity contribution in [3.05, 3.63) is 0 Å². The van der Waals surface area contributed by atoms with E-state index in [1.807, 2.05) is 0 Å². The number of rotatable bonds is 0. The molecule has 0 aliphatic heterocycles. The standard InChI is InChI=1S/C6H10F2O/c7-6(8)3-1-2-5(9)4-6/h5,9H,1-4H2. The van der Waals surface area contributed by atoms with Crippen LogP contribution in [0, 0.1) is 0 Å². The fourth-order valence-corrected chi connectivity index (χ4v) is 1.15. The van der Waals surface area contributed by atoms with Crippen molar-refractivity contribution in [3.63, 3.8) is 0 Å². The molecule has 3 heteroatoms. The Labute approximate surface area is 52.7 Å². The van der Waals surface area contributed by atoms with Crippen molar-refractivity contribution in [2.75, 3.05) is 0 Å². The summed E-state index contributed by atoms with van der Waals surface area (Å²) in [5.41, 5.74) is 0. The van der Waals surface area contributed by atoms with Crippen LogP contribution in [0.3, 0.4) is 0 Å². The average molecular weight is 136 g/mol. The summed E-state index contributed by atoms with van der Waals surface area (Å²) in [5.74, 6) is -2.60. The number of alkyl halides is 2. The summed E-state index contributed by atoms with van der Waals surface area (Å²) in [7, 11) is 0. The SMILES string of the molecule is OC1CCCC(F)(F)C1. The molecule has 1 atom stereocenters. The molecule has 1 fully saturated rings. The highest BCUT2D eigenvalue weighted by atomic mass is 19.3. The molecular formula is C6H10F2O. The van der Waals surface area contributed by atoms with E-state index < -0.39 is 12.0 Å². The second-order valence-corrected chi connectivity index (χ2v) is 2.61. The van der Waals surface area contributed by atoms with Crippen molar-refractivity contribution >= 4 is 0 Å². The molecule has 9 heavy (non-hydrogen) atoms. The zero-order valence-corrected chi connectivity index (χ0v) is 5.11. The van der Waals surface area contributed by atoms with E-state index in [1.165, 1.54) is 0 Å². The van der Waals surface area contributed by atoms with Crippen LogP contribution in [-0.2, 0) is 0 Å². The molecule has 0 heterocycles. The molecular weight excluding hydrogens is 126 g/mol. The fourth-order valence-electron chi connectivity index (χ4n) is 1.15. The van der Waals surface area contributed by atoms with Gasteiger partial charge in [0, 0.05) is 12.8 Å². The Balaban J connectivity index is 2.41. The first-order chi connectivity index (χ1) is 4.10. The van der Waals surface area contributed by atoms with Gasteiger partial charge in [-0.25, -0.2) is 8.78 Å². The first kappa shape index (κ1) is 6.93. The summed E-state index contributed by atoms with van der Waals surface area (Å²) in [6.45, 7) is 0. The van der Waals surface area contributed by atoms with E-state index in [0.29, 0.717) is 12.8 Å². The molecule has 54 valence electrons. The van der Waals surface area contributed by atoms with Crippen molar-refractivity contribution in [1.82, 2.24) is 0 Å². The van der Waals surface area contributed by atoms with Crippen LogP contribution in [0.4, 0.5) is 8.78 Å². The molecule has 0 amide bonds. The Morgan fingerprint density at radius 2 is 2.11 bits per heavy atom. The van der Waals surface area contributed by atoms with Crippen molar-refractivity contribution in [1.29, 1.82) is 0 Å². The first-order valence-electron chi connectivity index (χ1n) is 3.16. The van der Waals surface area contributed by atoms with E-state index in [2.05, 4.69) is 0 Å². The van der Waals surface area contributed by atoms with E-state index >= 15 is 0 Å². The molecule has 0 aromatic carbocycles. The van der Waals surface area contributed by atoms with E-state index in [1.54, 1.807) is 0 Å². The Kier molecular flexibility index (Phi) is 1.70. The summed E-state index contributed by atoms with van der Waals surface area (Å²) < 4.78 is 24.6. The minimum atomic E-state index is -2.60. The maximum atomic E-state index is 12.3. The van der Waals surface area contributed by atoms with Gasteiger partial charge in [-0.2, -0.15) is 0 Å². The third-order valence-electron chi connectivity index (χ3n) is 1.61. The Hall–Kier alpha value is -0.180. The van der Waals surface area contributed by atoms with Crippen LogP contribution in [0.15, 0.2) is 0 Å². The van der Waals surface area contributed by atoms with Crippen LogP contribution in [0.25, 0.3) is 0 Å². The van der Waals surface area contributed by atoms with Crippen LogP contribution in [0.2, 0.25) is 0 Å². The monoisotopic (exact) mass is 136 g/mol. The lowest BCUT2D eigenvalue weighted by atomic mass is 9.94. The smallest absolute Gasteiger partial charge is 0.250 e. The van der Waals surface area contributed by atoms with Crippen molar-refractivity contribution in [2.24, 2.45) is 0 Å². The average Bonchev–Trinajstić information content (AvgIpc) is 1.60. The molecule has 1 saturated carbocycles. The molecule has 1 aliphatic rings. The maximum Gasteiger partial charge on any atom is 0.250 e. The third kappa shape index (κ3) is 1.90. The zero-order valence-electron chi connectivity index (χ0n) is 5.11. The topological polar surface area (TPSA) is 20.2 Å². The number of halogens is 2. The van der Waals surface area contributed by atoms with E-state index in [4.69, 9.17) is 5.11 Å². The largest absolute Gasteiger partial charge is 0.393 e. The van der Waals surface area contributed by atoms with Gasteiger partial charge in [0.05, 0.1) is 6.10 Å². The van der Waals surface area contributed by atoms with Gasteiger partial charge >= 0.3 is 0 Å². The first-order valence-corrected chi connectivity index (χ1v) is 3.16. The second-order valence-electron chi connectivity index (χ2n) is 2.61. The highest BCUT2D eigenvalue weighted by molar-refractivity contribution is 4.77. The number of hydrogen-bond donors (Lipinski definition) is 1. The fraction of sp³-hybridized carbons (Fsp3) is 1.00. The van der Waals surface area contributed by atoms with Gasteiger partial charge in [0.1, 0.15) is 0 Å². The highest BCUT2D eigenvalue weighted by Crippen LogP contribution is 2.32. The highest BCUT2D eigenvalue weighted by Gasteiger charge is 2.35. The lowest BCUT2D eigenvalue weighted by Crippen LogP contribution is -2.28. The van der Waals surface area contributed by atoms with E-state index in [0.717, 1.165) is 0 Å². The summed E-state index contributed by atoms with van der Waals surface area (Å²) in [4.78, 5) is 0. The molecule has 0 aromatic heterocycles. The summed E-state index contributed by atoms with van der Waals surface area (Å²) in [6.07, 6.45) is -0.172. The quantitative estimate of drug-likeness (QED) is 0.535. The van der Waals surface area contributed by atoms with Crippen LogP contribution < -0.4 is 0 Å². The lowest BCUT2D eigenvalue weighted by molar-refractivity contribution is -0.0757. The third-order valence-corrected chi connectivity index (χ3v) is 1.61. The van der Waals surface area contributed by atoms with Gasteiger partial charge in [-0.05, 0) is 12.8 Å².